The number of carbonyl (C=O) groups excluding carboxylic acids is 1. The van der Waals surface area contributed by atoms with Crippen LogP contribution in [0.25, 0.3) is 10.4 Å². The Labute approximate surface area is 157 Å². The summed E-state index contributed by atoms with van der Waals surface area (Å²) in [6.45, 7) is 0. The largest absolute Gasteiger partial charge is 0.385 e. The molecule has 1 saturated heterocycles. The van der Waals surface area contributed by atoms with E-state index in [0.717, 1.165) is 20.9 Å². The third-order valence-electron chi connectivity index (χ3n) is 5.18. The van der Waals surface area contributed by atoms with Crippen LogP contribution in [0.3, 0.4) is 0 Å². The first-order valence-electron chi connectivity index (χ1n) is 8.79. The SMILES string of the molecule is CN1C(=O)C[C@H](c2ccccc2)[C@@H]1[C@H](O)c1ccc(-c2ccccc2)s1. The molecule has 0 unspecified atom stereocenters. The van der Waals surface area contributed by atoms with Gasteiger partial charge in [-0.05, 0) is 23.3 Å². The highest BCUT2D eigenvalue weighted by atomic mass is 32.1. The van der Waals surface area contributed by atoms with E-state index in [4.69, 9.17) is 0 Å². The molecule has 3 nitrogen and oxygen atoms in total. The van der Waals surface area contributed by atoms with Gasteiger partial charge in [0.15, 0.2) is 0 Å². The van der Waals surface area contributed by atoms with Crippen LogP contribution in [0.15, 0.2) is 72.8 Å². The summed E-state index contributed by atoms with van der Waals surface area (Å²) in [5.74, 6) is 0.0914. The van der Waals surface area contributed by atoms with Crippen molar-refractivity contribution < 1.29 is 9.90 Å². The van der Waals surface area contributed by atoms with Crippen LogP contribution in [0, 0.1) is 0 Å². The fourth-order valence-corrected chi connectivity index (χ4v) is 4.81. The number of amides is 1. The quantitative estimate of drug-likeness (QED) is 0.743. The van der Waals surface area contributed by atoms with Crippen molar-refractivity contribution in [2.75, 3.05) is 7.05 Å². The molecular formula is C22H21NO2S. The Morgan fingerprint density at radius 1 is 1.00 bits per heavy atom. The van der Waals surface area contributed by atoms with E-state index in [-0.39, 0.29) is 17.9 Å². The van der Waals surface area contributed by atoms with Crippen molar-refractivity contribution in [2.24, 2.45) is 0 Å². The fourth-order valence-electron chi connectivity index (χ4n) is 3.77. The normalized spacial score (nSPS) is 21.2. The molecule has 132 valence electrons. The van der Waals surface area contributed by atoms with Crippen molar-refractivity contribution in [1.29, 1.82) is 0 Å². The maximum absolute atomic E-state index is 12.3. The molecule has 0 radical (unpaired) electrons. The van der Waals surface area contributed by atoms with Gasteiger partial charge >= 0.3 is 0 Å². The Balaban J connectivity index is 1.64. The zero-order valence-electron chi connectivity index (χ0n) is 14.6. The third kappa shape index (κ3) is 3.06. The zero-order valence-corrected chi connectivity index (χ0v) is 15.4. The number of carbonyl (C=O) groups is 1. The number of thiophene rings is 1. The zero-order chi connectivity index (χ0) is 18.1. The lowest BCUT2D eigenvalue weighted by atomic mass is 9.88. The van der Waals surface area contributed by atoms with Crippen LogP contribution in [0.2, 0.25) is 0 Å². The average molecular weight is 363 g/mol. The highest BCUT2D eigenvalue weighted by molar-refractivity contribution is 7.15. The van der Waals surface area contributed by atoms with E-state index >= 15 is 0 Å². The lowest BCUT2D eigenvalue weighted by molar-refractivity contribution is -0.128. The minimum atomic E-state index is -0.695. The van der Waals surface area contributed by atoms with Crippen LogP contribution in [0.5, 0.6) is 0 Å². The summed E-state index contributed by atoms with van der Waals surface area (Å²) in [4.78, 5) is 16.1. The summed E-state index contributed by atoms with van der Waals surface area (Å²) in [5.41, 5.74) is 2.25. The van der Waals surface area contributed by atoms with Crippen LogP contribution >= 0.6 is 11.3 Å². The van der Waals surface area contributed by atoms with Crippen LogP contribution in [0.4, 0.5) is 0 Å². The number of benzene rings is 2. The fraction of sp³-hybridized carbons (Fsp3) is 0.227. The van der Waals surface area contributed by atoms with E-state index in [0.29, 0.717) is 6.42 Å². The van der Waals surface area contributed by atoms with Gasteiger partial charge in [-0.15, -0.1) is 11.3 Å². The predicted octanol–water partition coefficient (Wildman–Crippen LogP) is 4.46. The average Bonchev–Trinajstić information content (AvgIpc) is 3.29. The molecule has 3 aromatic rings. The van der Waals surface area contributed by atoms with E-state index in [2.05, 4.69) is 12.1 Å². The number of hydrogen-bond donors (Lipinski definition) is 1. The number of likely N-dealkylation sites (tertiary alicyclic amines) is 1. The van der Waals surface area contributed by atoms with Crippen molar-refractivity contribution in [3.63, 3.8) is 0 Å². The third-order valence-corrected chi connectivity index (χ3v) is 6.38. The molecule has 1 aliphatic heterocycles. The van der Waals surface area contributed by atoms with Crippen molar-refractivity contribution >= 4 is 17.2 Å². The van der Waals surface area contributed by atoms with Crippen molar-refractivity contribution in [1.82, 2.24) is 4.90 Å². The molecule has 0 saturated carbocycles. The molecule has 4 heteroatoms. The molecule has 1 N–H and O–H groups in total. The maximum Gasteiger partial charge on any atom is 0.223 e. The minimum absolute atomic E-state index is 0.00553. The van der Waals surface area contributed by atoms with Gasteiger partial charge in [0.25, 0.3) is 0 Å². The summed E-state index contributed by atoms with van der Waals surface area (Å²) in [7, 11) is 1.80. The Bertz CT molecular complexity index is 891. The summed E-state index contributed by atoms with van der Waals surface area (Å²) < 4.78 is 0. The number of likely N-dealkylation sites (N-methyl/N-ethyl adjacent to an activating group) is 1. The second kappa shape index (κ2) is 7.06. The summed E-state index contributed by atoms with van der Waals surface area (Å²) in [5, 5.41) is 11.1. The van der Waals surface area contributed by atoms with Gasteiger partial charge in [-0.25, -0.2) is 0 Å². The molecule has 0 bridgehead atoms. The molecule has 0 spiro atoms. The highest BCUT2D eigenvalue weighted by Crippen LogP contribution is 2.42. The first-order chi connectivity index (χ1) is 12.6. The van der Waals surface area contributed by atoms with Crippen molar-refractivity contribution in [3.8, 4) is 10.4 Å². The van der Waals surface area contributed by atoms with Crippen LogP contribution in [-0.2, 0) is 4.79 Å². The van der Waals surface area contributed by atoms with Crippen LogP contribution in [-0.4, -0.2) is 29.0 Å². The molecule has 2 aromatic carbocycles. The van der Waals surface area contributed by atoms with E-state index in [1.165, 1.54) is 0 Å². The smallest absolute Gasteiger partial charge is 0.223 e. The Kier molecular flexibility index (Phi) is 4.62. The molecular weight excluding hydrogens is 342 g/mol. The standard InChI is InChI=1S/C22H21NO2S/c1-23-20(24)14-17(15-8-4-2-5-9-15)21(23)22(25)19-13-12-18(26-19)16-10-6-3-7-11-16/h2-13,17,21-22,25H,14H2,1H3/t17-,21-,22-/m1/s1. The van der Waals surface area contributed by atoms with E-state index < -0.39 is 6.10 Å². The van der Waals surface area contributed by atoms with Gasteiger partial charge in [-0.2, -0.15) is 0 Å². The van der Waals surface area contributed by atoms with Gasteiger partial charge in [0, 0.05) is 29.1 Å². The molecule has 2 heterocycles. The van der Waals surface area contributed by atoms with Crippen LogP contribution in [0.1, 0.15) is 28.9 Å². The molecule has 26 heavy (non-hydrogen) atoms. The minimum Gasteiger partial charge on any atom is -0.385 e. The van der Waals surface area contributed by atoms with E-state index in [1.807, 2.05) is 60.7 Å². The Morgan fingerprint density at radius 3 is 2.35 bits per heavy atom. The van der Waals surface area contributed by atoms with Crippen molar-refractivity contribution in [3.05, 3.63) is 83.2 Å². The molecule has 4 rings (SSSR count). The molecule has 1 fully saturated rings. The summed E-state index contributed by atoms with van der Waals surface area (Å²) in [6, 6.07) is 24.0. The van der Waals surface area contributed by atoms with Gasteiger partial charge in [-0.3, -0.25) is 4.79 Å². The number of aliphatic hydroxyl groups excluding tert-OH is 1. The summed E-state index contributed by atoms with van der Waals surface area (Å²) in [6.07, 6.45) is -0.252. The first kappa shape index (κ1) is 17.0. The lowest BCUT2D eigenvalue weighted by Crippen LogP contribution is -2.36. The highest BCUT2D eigenvalue weighted by Gasteiger charge is 2.43. The van der Waals surface area contributed by atoms with Gasteiger partial charge in [0.05, 0.1) is 6.04 Å². The topological polar surface area (TPSA) is 40.5 Å². The molecule has 1 aliphatic rings. The molecule has 3 atom stereocenters. The molecule has 0 aliphatic carbocycles. The predicted molar refractivity (Wildman–Crippen MR) is 105 cm³/mol. The molecule has 1 aromatic heterocycles. The lowest BCUT2D eigenvalue weighted by Gasteiger charge is -2.29. The Morgan fingerprint density at radius 2 is 1.65 bits per heavy atom. The monoisotopic (exact) mass is 363 g/mol. The van der Waals surface area contributed by atoms with Gasteiger partial charge in [0.2, 0.25) is 5.91 Å². The van der Waals surface area contributed by atoms with Gasteiger partial charge in [-0.1, -0.05) is 60.7 Å². The number of aliphatic hydroxyl groups is 1. The number of rotatable bonds is 4. The van der Waals surface area contributed by atoms with Gasteiger partial charge in [0.1, 0.15) is 6.10 Å². The molecule has 1 amide bonds. The second-order valence-electron chi connectivity index (χ2n) is 6.73. The van der Waals surface area contributed by atoms with E-state index in [1.54, 1.807) is 23.3 Å². The van der Waals surface area contributed by atoms with Crippen LogP contribution < -0.4 is 0 Å². The number of nitrogens with zero attached hydrogens (tertiary/aromatic N) is 1. The second-order valence-corrected chi connectivity index (χ2v) is 7.84. The maximum atomic E-state index is 12.3. The first-order valence-corrected chi connectivity index (χ1v) is 9.60. The van der Waals surface area contributed by atoms with Gasteiger partial charge < -0.3 is 10.0 Å². The van der Waals surface area contributed by atoms with E-state index in [9.17, 15) is 9.90 Å². The Hall–Kier alpha value is -2.43. The van der Waals surface area contributed by atoms with Crippen molar-refractivity contribution in [2.45, 2.75) is 24.5 Å². The number of hydrogen-bond acceptors (Lipinski definition) is 3. The summed E-state index contributed by atoms with van der Waals surface area (Å²) >= 11 is 1.59.